The van der Waals surface area contributed by atoms with Gasteiger partial charge in [0.05, 0.1) is 16.3 Å². The van der Waals surface area contributed by atoms with Crippen molar-refractivity contribution < 1.29 is 9.72 Å². The van der Waals surface area contributed by atoms with Crippen LogP contribution in [0.3, 0.4) is 0 Å². The van der Waals surface area contributed by atoms with Crippen LogP contribution in [0.4, 0.5) is 17.2 Å². The van der Waals surface area contributed by atoms with Crippen LogP contribution in [0.2, 0.25) is 5.28 Å². The van der Waals surface area contributed by atoms with Gasteiger partial charge in [-0.15, -0.1) is 0 Å². The zero-order valence-electron chi connectivity index (χ0n) is 12.1. The lowest BCUT2D eigenvalue weighted by Crippen LogP contribution is -2.29. The lowest BCUT2D eigenvalue weighted by Gasteiger charge is -2.15. The molecular weight excluding hydrogens is 326 g/mol. The van der Waals surface area contributed by atoms with Crippen molar-refractivity contribution in [2.45, 2.75) is 6.92 Å². The highest BCUT2D eigenvalue weighted by Gasteiger charge is 2.19. The lowest BCUT2D eigenvalue weighted by atomic mass is 10.2. The molecule has 2 aromatic heterocycles. The van der Waals surface area contributed by atoms with E-state index in [4.69, 9.17) is 17.4 Å². The molecule has 0 aromatic carbocycles. The first-order chi connectivity index (χ1) is 10.8. The van der Waals surface area contributed by atoms with E-state index in [1.807, 2.05) is 0 Å². The van der Waals surface area contributed by atoms with Gasteiger partial charge in [-0.25, -0.2) is 10.8 Å². The number of nitrogens with two attached hydrogens (primary N) is 1. The van der Waals surface area contributed by atoms with Gasteiger partial charge in [0.1, 0.15) is 11.8 Å². The zero-order valence-corrected chi connectivity index (χ0v) is 12.9. The monoisotopic (exact) mass is 337 g/mol. The summed E-state index contributed by atoms with van der Waals surface area (Å²) in [5.41, 5.74) is 0.436. The number of amides is 1. The van der Waals surface area contributed by atoms with Crippen molar-refractivity contribution in [1.82, 2.24) is 15.0 Å². The predicted octanol–water partition coefficient (Wildman–Crippen LogP) is 1.30. The SMILES string of the molecule is Cc1ncc([N+](=O)[O-])cc1NC(=O)c1cnc(Cl)nc1N(C)N. The van der Waals surface area contributed by atoms with Gasteiger partial charge in [0.25, 0.3) is 11.6 Å². The van der Waals surface area contributed by atoms with Gasteiger partial charge >= 0.3 is 0 Å². The van der Waals surface area contributed by atoms with Gasteiger partial charge in [-0.2, -0.15) is 4.98 Å². The number of pyridine rings is 1. The van der Waals surface area contributed by atoms with Gasteiger partial charge < -0.3 is 5.32 Å². The number of hydrogen-bond acceptors (Lipinski definition) is 8. The van der Waals surface area contributed by atoms with Gasteiger partial charge in [-0.05, 0) is 18.5 Å². The zero-order chi connectivity index (χ0) is 17.1. The third-order valence-electron chi connectivity index (χ3n) is 2.85. The minimum atomic E-state index is -0.605. The third-order valence-corrected chi connectivity index (χ3v) is 3.03. The molecule has 120 valence electrons. The van der Waals surface area contributed by atoms with Gasteiger partial charge in [0.15, 0.2) is 5.82 Å². The van der Waals surface area contributed by atoms with Crippen LogP contribution in [-0.2, 0) is 0 Å². The quantitative estimate of drug-likeness (QED) is 0.368. The van der Waals surface area contributed by atoms with E-state index in [9.17, 15) is 14.9 Å². The van der Waals surface area contributed by atoms with Crippen LogP contribution >= 0.6 is 11.6 Å². The van der Waals surface area contributed by atoms with Gasteiger partial charge in [-0.1, -0.05) is 0 Å². The smallest absolute Gasteiger partial charge is 0.289 e. The summed E-state index contributed by atoms with van der Waals surface area (Å²) in [5.74, 6) is 5.12. The summed E-state index contributed by atoms with van der Waals surface area (Å²) in [6.45, 7) is 1.60. The van der Waals surface area contributed by atoms with Crippen molar-refractivity contribution in [1.29, 1.82) is 0 Å². The minimum absolute atomic E-state index is 0.0605. The van der Waals surface area contributed by atoms with Crippen LogP contribution in [0.1, 0.15) is 16.1 Å². The Morgan fingerprint density at radius 1 is 1.43 bits per heavy atom. The first-order valence-electron chi connectivity index (χ1n) is 6.23. The average molecular weight is 338 g/mol. The molecule has 2 rings (SSSR count). The molecule has 11 heteroatoms. The molecule has 3 N–H and O–H groups in total. The molecule has 0 fully saturated rings. The van der Waals surface area contributed by atoms with Crippen LogP contribution in [0, 0.1) is 17.0 Å². The van der Waals surface area contributed by atoms with Gasteiger partial charge in [-0.3, -0.25) is 24.9 Å². The van der Waals surface area contributed by atoms with E-state index in [0.717, 1.165) is 11.2 Å². The van der Waals surface area contributed by atoms with E-state index >= 15 is 0 Å². The molecule has 10 nitrogen and oxygen atoms in total. The number of rotatable bonds is 4. The fraction of sp³-hybridized carbons (Fsp3) is 0.167. The Morgan fingerprint density at radius 3 is 2.74 bits per heavy atom. The second-order valence-corrected chi connectivity index (χ2v) is 4.86. The number of carbonyl (C=O) groups is 1. The maximum atomic E-state index is 12.4. The molecule has 23 heavy (non-hydrogen) atoms. The number of hydrazine groups is 1. The van der Waals surface area contributed by atoms with Crippen molar-refractivity contribution >= 4 is 34.7 Å². The summed E-state index contributed by atoms with van der Waals surface area (Å²) in [4.78, 5) is 34.1. The molecule has 0 saturated carbocycles. The van der Waals surface area contributed by atoms with Gasteiger partial charge in [0, 0.05) is 19.3 Å². The molecule has 0 aliphatic rings. The Balaban J connectivity index is 2.37. The highest BCUT2D eigenvalue weighted by atomic mass is 35.5. The van der Waals surface area contributed by atoms with E-state index in [-0.39, 0.29) is 28.0 Å². The maximum absolute atomic E-state index is 12.4. The Labute approximate surface area is 135 Å². The molecule has 2 heterocycles. The Kier molecular flexibility index (Phi) is 4.67. The van der Waals surface area contributed by atoms with Crippen molar-refractivity contribution in [2.75, 3.05) is 17.4 Å². The van der Waals surface area contributed by atoms with Gasteiger partial charge in [0.2, 0.25) is 5.28 Å². The van der Waals surface area contributed by atoms with Crippen LogP contribution in [0.5, 0.6) is 0 Å². The number of halogens is 1. The Hall–Kier alpha value is -2.85. The van der Waals surface area contributed by atoms with Crippen molar-refractivity contribution in [3.63, 3.8) is 0 Å². The van der Waals surface area contributed by atoms with Crippen LogP contribution in [-0.4, -0.2) is 32.8 Å². The van der Waals surface area contributed by atoms with E-state index in [0.29, 0.717) is 5.69 Å². The number of aryl methyl sites for hydroxylation is 1. The molecule has 0 radical (unpaired) electrons. The van der Waals surface area contributed by atoms with Crippen LogP contribution < -0.4 is 16.2 Å². The standard InChI is InChI=1S/C12H12ClN7O3/c1-6-9(3-7(4-15-6)20(22)23)17-11(21)8-5-16-12(13)18-10(8)19(2)14/h3-5H,14H2,1-2H3,(H,17,21). The number of aromatic nitrogens is 3. The van der Waals surface area contributed by atoms with E-state index in [1.54, 1.807) is 6.92 Å². The normalized spacial score (nSPS) is 10.3. The molecule has 0 saturated heterocycles. The number of hydrogen-bond donors (Lipinski definition) is 2. The highest BCUT2D eigenvalue weighted by Crippen LogP contribution is 2.22. The van der Waals surface area contributed by atoms with Crippen LogP contribution in [0.15, 0.2) is 18.5 Å². The van der Waals surface area contributed by atoms with Crippen molar-refractivity contribution in [2.24, 2.45) is 5.84 Å². The number of nitro groups is 1. The maximum Gasteiger partial charge on any atom is 0.289 e. The molecule has 2 aromatic rings. The van der Waals surface area contributed by atoms with E-state index in [1.165, 1.54) is 19.3 Å². The fourth-order valence-electron chi connectivity index (χ4n) is 1.72. The second-order valence-electron chi connectivity index (χ2n) is 4.52. The first kappa shape index (κ1) is 16.5. The molecule has 1 amide bonds. The van der Waals surface area contributed by atoms with E-state index in [2.05, 4.69) is 20.3 Å². The van der Waals surface area contributed by atoms with Crippen molar-refractivity contribution in [3.05, 3.63) is 45.1 Å². The average Bonchev–Trinajstić information content (AvgIpc) is 2.48. The lowest BCUT2D eigenvalue weighted by molar-refractivity contribution is -0.385. The Bertz CT molecular complexity index is 781. The number of anilines is 2. The number of nitrogens with zero attached hydrogens (tertiary/aromatic N) is 5. The fourth-order valence-corrected chi connectivity index (χ4v) is 1.85. The summed E-state index contributed by atoms with van der Waals surface area (Å²) in [6, 6.07) is 1.21. The summed E-state index contributed by atoms with van der Waals surface area (Å²) in [6.07, 6.45) is 2.32. The highest BCUT2D eigenvalue weighted by molar-refractivity contribution is 6.28. The molecule has 0 atom stereocenters. The minimum Gasteiger partial charge on any atom is -0.320 e. The van der Waals surface area contributed by atoms with Crippen LogP contribution in [0.25, 0.3) is 0 Å². The molecule has 0 spiro atoms. The molecule has 0 unspecified atom stereocenters. The van der Waals surface area contributed by atoms with E-state index < -0.39 is 10.8 Å². The van der Waals surface area contributed by atoms with Crippen molar-refractivity contribution in [3.8, 4) is 0 Å². The summed E-state index contributed by atoms with van der Waals surface area (Å²) >= 11 is 5.69. The summed E-state index contributed by atoms with van der Waals surface area (Å²) in [7, 11) is 1.48. The topological polar surface area (TPSA) is 140 Å². The molecular formula is C12H12ClN7O3. The molecule has 0 bridgehead atoms. The first-order valence-corrected chi connectivity index (χ1v) is 6.60. The third kappa shape index (κ3) is 3.67. The largest absolute Gasteiger partial charge is 0.320 e. The Morgan fingerprint density at radius 2 is 2.13 bits per heavy atom. The molecule has 0 aliphatic carbocycles. The number of carbonyl (C=O) groups excluding carboxylic acids is 1. The summed E-state index contributed by atoms with van der Waals surface area (Å²) in [5, 5.41) is 14.4. The molecule has 0 aliphatic heterocycles. The number of nitrogens with one attached hydrogen (secondary N) is 1. The predicted molar refractivity (Wildman–Crippen MR) is 83.2 cm³/mol. The second kappa shape index (κ2) is 6.50. The summed E-state index contributed by atoms with van der Waals surface area (Å²) < 4.78 is 0.